The molecule has 0 spiro atoms. The fourth-order valence-corrected chi connectivity index (χ4v) is 2.22. The van der Waals surface area contributed by atoms with Crippen molar-refractivity contribution in [2.75, 3.05) is 6.54 Å². The van der Waals surface area contributed by atoms with E-state index in [-0.39, 0.29) is 6.54 Å². The summed E-state index contributed by atoms with van der Waals surface area (Å²) in [7, 11) is 0. The predicted molar refractivity (Wildman–Crippen MR) is 61.3 cm³/mol. The molecule has 3 N–H and O–H groups in total. The minimum Gasteiger partial charge on any atom is -0.480 e. The average molecular weight is 237 g/mol. The largest absolute Gasteiger partial charge is 0.480 e. The Labute approximate surface area is 96.2 Å². The molecule has 0 amide bonds. The standard InChI is InChI=1S/C10H11N3O2S/c11-6-7(10(14)15)13-4-3-12-9(13)8-2-1-5-16-8/h1-5,7H,6,11H2,(H,14,15). The van der Waals surface area contributed by atoms with Crippen molar-refractivity contribution < 1.29 is 9.90 Å². The van der Waals surface area contributed by atoms with E-state index < -0.39 is 12.0 Å². The van der Waals surface area contributed by atoms with Gasteiger partial charge in [0.2, 0.25) is 0 Å². The van der Waals surface area contributed by atoms with Crippen LogP contribution in [0.3, 0.4) is 0 Å². The number of thiophene rings is 1. The van der Waals surface area contributed by atoms with Gasteiger partial charge in [0.1, 0.15) is 6.04 Å². The maximum Gasteiger partial charge on any atom is 0.328 e. The number of nitrogens with two attached hydrogens (primary N) is 1. The van der Waals surface area contributed by atoms with Crippen LogP contribution in [0.4, 0.5) is 0 Å². The van der Waals surface area contributed by atoms with Crippen LogP contribution in [0.2, 0.25) is 0 Å². The van der Waals surface area contributed by atoms with Gasteiger partial charge in [-0.05, 0) is 11.4 Å². The Balaban J connectivity index is 2.43. The molecule has 1 unspecified atom stereocenters. The number of carboxylic acid groups (broad SMARTS) is 1. The first-order valence-electron chi connectivity index (χ1n) is 4.73. The monoisotopic (exact) mass is 237 g/mol. The molecule has 2 heterocycles. The third-order valence-corrected chi connectivity index (χ3v) is 3.12. The summed E-state index contributed by atoms with van der Waals surface area (Å²) in [5.74, 6) is -0.300. The van der Waals surface area contributed by atoms with Crippen molar-refractivity contribution in [2.45, 2.75) is 6.04 Å². The Morgan fingerprint density at radius 1 is 1.69 bits per heavy atom. The summed E-state index contributed by atoms with van der Waals surface area (Å²) in [5, 5.41) is 11.0. The van der Waals surface area contributed by atoms with Crippen LogP contribution in [0, 0.1) is 0 Å². The lowest BCUT2D eigenvalue weighted by atomic mass is 10.3. The number of rotatable bonds is 4. The fraction of sp³-hybridized carbons (Fsp3) is 0.200. The number of imidazole rings is 1. The Hall–Kier alpha value is -1.66. The molecule has 5 nitrogen and oxygen atoms in total. The second kappa shape index (κ2) is 4.46. The number of aliphatic carboxylic acids is 1. The molecule has 0 aromatic carbocycles. The molecular formula is C10H11N3O2S. The summed E-state index contributed by atoms with van der Waals surface area (Å²) in [5.41, 5.74) is 5.46. The van der Waals surface area contributed by atoms with Crippen LogP contribution in [0.25, 0.3) is 10.7 Å². The molecule has 0 radical (unpaired) electrons. The molecule has 2 rings (SSSR count). The lowest BCUT2D eigenvalue weighted by Gasteiger charge is -2.13. The predicted octanol–water partition coefficient (Wildman–Crippen LogP) is 1.20. The quantitative estimate of drug-likeness (QED) is 0.837. The third kappa shape index (κ3) is 1.84. The molecular weight excluding hydrogens is 226 g/mol. The first kappa shape index (κ1) is 10.8. The lowest BCUT2D eigenvalue weighted by molar-refractivity contribution is -0.140. The molecule has 0 saturated heterocycles. The van der Waals surface area contributed by atoms with Crippen LogP contribution < -0.4 is 5.73 Å². The molecule has 6 heteroatoms. The normalized spacial score (nSPS) is 12.6. The van der Waals surface area contributed by atoms with Gasteiger partial charge in [-0.3, -0.25) is 0 Å². The van der Waals surface area contributed by atoms with Crippen LogP contribution in [0.15, 0.2) is 29.9 Å². The van der Waals surface area contributed by atoms with E-state index in [1.165, 1.54) is 11.3 Å². The van der Waals surface area contributed by atoms with Crippen molar-refractivity contribution in [3.8, 4) is 10.7 Å². The third-order valence-electron chi connectivity index (χ3n) is 2.25. The Bertz CT molecular complexity index is 478. The number of nitrogens with zero attached hydrogens (tertiary/aromatic N) is 2. The van der Waals surface area contributed by atoms with Crippen molar-refractivity contribution in [3.63, 3.8) is 0 Å². The SMILES string of the molecule is NCC(C(=O)O)n1ccnc1-c1cccs1. The zero-order valence-corrected chi connectivity index (χ0v) is 9.22. The Kier molecular flexibility index (Phi) is 3.02. The fourth-order valence-electron chi connectivity index (χ4n) is 1.49. The average Bonchev–Trinajstić information content (AvgIpc) is 2.86. The van der Waals surface area contributed by atoms with Gasteiger partial charge in [-0.15, -0.1) is 11.3 Å². The molecule has 0 aliphatic carbocycles. The Morgan fingerprint density at radius 3 is 3.06 bits per heavy atom. The second-order valence-electron chi connectivity index (χ2n) is 3.23. The minimum absolute atomic E-state index is 0.0457. The van der Waals surface area contributed by atoms with Gasteiger partial charge in [-0.25, -0.2) is 9.78 Å². The maximum atomic E-state index is 11.0. The molecule has 2 aromatic heterocycles. The summed E-state index contributed by atoms with van der Waals surface area (Å²) < 4.78 is 1.59. The highest BCUT2D eigenvalue weighted by Gasteiger charge is 2.21. The summed E-state index contributed by atoms with van der Waals surface area (Å²) in [6.07, 6.45) is 3.22. The summed E-state index contributed by atoms with van der Waals surface area (Å²) in [6.45, 7) is 0.0457. The highest BCUT2D eigenvalue weighted by atomic mass is 32.1. The number of carbonyl (C=O) groups is 1. The summed E-state index contributed by atoms with van der Waals surface area (Å²) >= 11 is 1.52. The van der Waals surface area contributed by atoms with E-state index in [1.54, 1.807) is 17.0 Å². The maximum absolute atomic E-state index is 11.0. The molecule has 0 aliphatic heterocycles. The van der Waals surface area contributed by atoms with E-state index in [2.05, 4.69) is 4.98 Å². The van der Waals surface area contributed by atoms with Crippen molar-refractivity contribution in [1.29, 1.82) is 0 Å². The van der Waals surface area contributed by atoms with Crippen LogP contribution in [-0.4, -0.2) is 27.2 Å². The summed E-state index contributed by atoms with van der Waals surface area (Å²) in [4.78, 5) is 16.1. The summed E-state index contributed by atoms with van der Waals surface area (Å²) in [6, 6.07) is 3.04. The van der Waals surface area contributed by atoms with Gasteiger partial charge in [-0.2, -0.15) is 0 Å². The molecule has 1 atom stereocenters. The molecule has 84 valence electrons. The van der Waals surface area contributed by atoms with Crippen LogP contribution in [-0.2, 0) is 4.79 Å². The van der Waals surface area contributed by atoms with E-state index in [1.807, 2.05) is 17.5 Å². The highest BCUT2D eigenvalue weighted by Crippen LogP contribution is 2.25. The van der Waals surface area contributed by atoms with E-state index in [9.17, 15) is 4.79 Å². The number of aromatic nitrogens is 2. The van der Waals surface area contributed by atoms with Gasteiger partial charge in [0.25, 0.3) is 0 Å². The minimum atomic E-state index is -0.946. The first-order valence-corrected chi connectivity index (χ1v) is 5.61. The van der Waals surface area contributed by atoms with Gasteiger partial charge in [-0.1, -0.05) is 6.07 Å². The second-order valence-corrected chi connectivity index (χ2v) is 4.17. The molecule has 0 bridgehead atoms. The highest BCUT2D eigenvalue weighted by molar-refractivity contribution is 7.13. The zero-order chi connectivity index (χ0) is 11.5. The molecule has 2 aromatic rings. The van der Waals surface area contributed by atoms with Crippen LogP contribution >= 0.6 is 11.3 Å². The van der Waals surface area contributed by atoms with Crippen LogP contribution in [0.1, 0.15) is 6.04 Å². The molecule has 16 heavy (non-hydrogen) atoms. The van der Waals surface area contributed by atoms with Gasteiger partial charge in [0.05, 0.1) is 4.88 Å². The van der Waals surface area contributed by atoms with Crippen molar-refractivity contribution in [3.05, 3.63) is 29.9 Å². The van der Waals surface area contributed by atoms with Crippen molar-refractivity contribution in [2.24, 2.45) is 5.73 Å². The first-order chi connectivity index (χ1) is 7.74. The van der Waals surface area contributed by atoms with E-state index >= 15 is 0 Å². The van der Waals surface area contributed by atoms with Crippen molar-refractivity contribution >= 4 is 17.3 Å². The zero-order valence-electron chi connectivity index (χ0n) is 8.41. The number of carboxylic acids is 1. The number of hydrogen-bond acceptors (Lipinski definition) is 4. The van der Waals surface area contributed by atoms with Crippen molar-refractivity contribution in [1.82, 2.24) is 9.55 Å². The molecule has 0 fully saturated rings. The molecule has 0 aliphatic rings. The lowest BCUT2D eigenvalue weighted by Crippen LogP contribution is -2.27. The van der Waals surface area contributed by atoms with E-state index in [0.717, 1.165) is 4.88 Å². The van der Waals surface area contributed by atoms with E-state index in [4.69, 9.17) is 10.8 Å². The van der Waals surface area contributed by atoms with Gasteiger partial charge in [0.15, 0.2) is 5.82 Å². The smallest absolute Gasteiger partial charge is 0.328 e. The Morgan fingerprint density at radius 2 is 2.50 bits per heavy atom. The van der Waals surface area contributed by atoms with E-state index in [0.29, 0.717) is 5.82 Å². The number of hydrogen-bond donors (Lipinski definition) is 2. The van der Waals surface area contributed by atoms with Gasteiger partial charge < -0.3 is 15.4 Å². The van der Waals surface area contributed by atoms with Crippen LogP contribution in [0.5, 0.6) is 0 Å². The van der Waals surface area contributed by atoms with Gasteiger partial charge >= 0.3 is 5.97 Å². The molecule has 0 saturated carbocycles. The topological polar surface area (TPSA) is 81.1 Å². The van der Waals surface area contributed by atoms with Gasteiger partial charge in [0, 0.05) is 18.9 Å².